The maximum absolute atomic E-state index is 13.6. The molecule has 1 N–H and O–H groups in total. The van der Waals surface area contributed by atoms with Crippen LogP contribution in [0.5, 0.6) is 5.75 Å². The van der Waals surface area contributed by atoms with Gasteiger partial charge >= 0.3 is 0 Å². The van der Waals surface area contributed by atoms with E-state index in [1.807, 2.05) is 20.0 Å². The van der Waals surface area contributed by atoms with Gasteiger partial charge in [-0.15, -0.1) is 0 Å². The largest absolute Gasteiger partial charge is 0.493 e. The first-order valence-corrected chi connectivity index (χ1v) is 17.6. The molecule has 0 atom stereocenters. The van der Waals surface area contributed by atoms with Gasteiger partial charge in [0, 0.05) is 46.9 Å². The molecule has 2 heterocycles. The predicted octanol–water partition coefficient (Wildman–Crippen LogP) is 6.82. The van der Waals surface area contributed by atoms with Crippen molar-refractivity contribution in [2.45, 2.75) is 110 Å². The Morgan fingerprint density at radius 1 is 1.07 bits per heavy atom. The molecule has 3 aliphatic rings. The number of hydrogen-bond donors (Lipinski definition) is 1. The standard InChI is InChI=1S/C34H50N2O4S/c1-23-26(31(37)35-21-33(5,6)22-41(7,38)39)20-36(29(23)17-24-11-9-8-10-12-24)25-18-27(32(2,3)4)30-28(19-25)34(13-14-34)15-16-40-30/h18-20,24H,8-17,21-22H2,1-7H3,(H,35,37). The van der Waals surface area contributed by atoms with Crippen LogP contribution in [0.1, 0.15) is 119 Å². The summed E-state index contributed by atoms with van der Waals surface area (Å²) in [6, 6.07) is 4.64. The second kappa shape index (κ2) is 10.8. The van der Waals surface area contributed by atoms with Crippen molar-refractivity contribution in [1.82, 2.24) is 9.88 Å². The minimum absolute atomic E-state index is 0.0295. The molecule has 1 amide bonds. The highest BCUT2D eigenvalue weighted by Gasteiger charge is 2.49. The van der Waals surface area contributed by atoms with E-state index in [9.17, 15) is 13.2 Å². The molecule has 2 saturated carbocycles. The first-order valence-electron chi connectivity index (χ1n) is 15.6. The number of carbonyl (C=O) groups is 1. The maximum Gasteiger partial charge on any atom is 0.253 e. The molecule has 2 fully saturated rings. The fourth-order valence-electron chi connectivity index (χ4n) is 7.20. The number of aromatic nitrogens is 1. The van der Waals surface area contributed by atoms with E-state index in [4.69, 9.17) is 4.74 Å². The molecule has 2 aromatic rings. The summed E-state index contributed by atoms with van der Waals surface area (Å²) in [5.74, 6) is 1.60. The fourth-order valence-corrected chi connectivity index (χ4v) is 8.73. The summed E-state index contributed by atoms with van der Waals surface area (Å²) in [6.45, 7) is 13.7. The number of hydrogen-bond acceptors (Lipinski definition) is 4. The van der Waals surface area contributed by atoms with Gasteiger partial charge < -0.3 is 14.6 Å². The van der Waals surface area contributed by atoms with Crippen molar-refractivity contribution < 1.29 is 17.9 Å². The second-order valence-electron chi connectivity index (χ2n) is 15.1. The van der Waals surface area contributed by atoms with Crippen molar-refractivity contribution in [3.8, 4) is 11.4 Å². The van der Waals surface area contributed by atoms with E-state index in [0.29, 0.717) is 18.0 Å². The molecule has 0 bridgehead atoms. The van der Waals surface area contributed by atoms with Crippen molar-refractivity contribution in [3.63, 3.8) is 0 Å². The Balaban J connectivity index is 1.56. The molecule has 2 aliphatic carbocycles. The van der Waals surface area contributed by atoms with Crippen molar-refractivity contribution >= 4 is 15.7 Å². The van der Waals surface area contributed by atoms with Gasteiger partial charge in [0.2, 0.25) is 0 Å². The first-order chi connectivity index (χ1) is 19.1. The van der Waals surface area contributed by atoms with Gasteiger partial charge in [-0.3, -0.25) is 4.79 Å². The number of sulfone groups is 1. The van der Waals surface area contributed by atoms with Crippen LogP contribution in [0.2, 0.25) is 0 Å². The monoisotopic (exact) mass is 582 g/mol. The Labute approximate surface area is 247 Å². The van der Waals surface area contributed by atoms with E-state index >= 15 is 0 Å². The van der Waals surface area contributed by atoms with Gasteiger partial charge in [0.25, 0.3) is 5.91 Å². The van der Waals surface area contributed by atoms with E-state index in [1.54, 1.807) is 0 Å². The Hall–Kier alpha value is -2.28. The Kier molecular flexibility index (Phi) is 7.93. The van der Waals surface area contributed by atoms with Gasteiger partial charge in [0.1, 0.15) is 15.6 Å². The Morgan fingerprint density at radius 3 is 2.37 bits per heavy atom. The van der Waals surface area contributed by atoms with E-state index < -0.39 is 15.3 Å². The van der Waals surface area contributed by atoms with Crippen molar-refractivity contribution in [2.75, 3.05) is 25.2 Å². The van der Waals surface area contributed by atoms with Crippen LogP contribution in [0.4, 0.5) is 0 Å². The second-order valence-corrected chi connectivity index (χ2v) is 17.2. The van der Waals surface area contributed by atoms with Crippen LogP contribution >= 0.6 is 0 Å². The minimum Gasteiger partial charge on any atom is -0.493 e. The quantitative estimate of drug-likeness (QED) is 0.371. The number of carbonyl (C=O) groups excluding carboxylic acids is 1. The summed E-state index contributed by atoms with van der Waals surface area (Å²) in [5, 5.41) is 3.07. The number of nitrogens with one attached hydrogen (secondary N) is 1. The van der Waals surface area contributed by atoms with Gasteiger partial charge in [-0.1, -0.05) is 66.7 Å². The molecular formula is C34H50N2O4S. The van der Waals surface area contributed by atoms with Crippen LogP contribution in [0.15, 0.2) is 18.3 Å². The molecule has 226 valence electrons. The summed E-state index contributed by atoms with van der Waals surface area (Å²) < 4.78 is 32.5. The zero-order valence-corrected chi connectivity index (χ0v) is 27.1. The molecular weight excluding hydrogens is 532 g/mol. The lowest BCUT2D eigenvalue weighted by Crippen LogP contribution is -2.38. The normalized spacial score (nSPS) is 19.1. The lowest BCUT2D eigenvalue weighted by Gasteiger charge is -2.33. The van der Waals surface area contributed by atoms with E-state index in [-0.39, 0.29) is 22.5 Å². The topological polar surface area (TPSA) is 77.4 Å². The third-order valence-corrected chi connectivity index (χ3v) is 10.9. The first kappa shape index (κ1) is 30.2. The number of nitrogens with zero attached hydrogens (tertiary/aromatic N) is 1. The average molecular weight is 583 g/mol. The van der Waals surface area contributed by atoms with Gasteiger partial charge in [0.15, 0.2) is 0 Å². The molecule has 7 heteroatoms. The van der Waals surface area contributed by atoms with Crippen LogP contribution in [-0.4, -0.2) is 44.1 Å². The molecule has 0 saturated heterocycles. The van der Waals surface area contributed by atoms with Crippen molar-refractivity contribution in [2.24, 2.45) is 11.3 Å². The Bertz CT molecular complexity index is 1400. The molecule has 0 radical (unpaired) electrons. The molecule has 1 aromatic heterocycles. The highest BCUT2D eigenvalue weighted by Crippen LogP contribution is 2.58. The Morgan fingerprint density at radius 2 is 1.76 bits per heavy atom. The number of ether oxygens (including phenoxy) is 1. The lowest BCUT2D eigenvalue weighted by molar-refractivity contribution is 0.0939. The predicted molar refractivity (Wildman–Crippen MR) is 166 cm³/mol. The molecule has 6 nitrogen and oxygen atoms in total. The van der Waals surface area contributed by atoms with Gasteiger partial charge in [0.05, 0.1) is 17.9 Å². The van der Waals surface area contributed by atoms with Crippen LogP contribution in [0.25, 0.3) is 5.69 Å². The molecule has 1 aliphatic heterocycles. The zero-order valence-electron chi connectivity index (χ0n) is 26.3. The zero-order chi connectivity index (χ0) is 29.8. The number of amides is 1. The van der Waals surface area contributed by atoms with Crippen molar-refractivity contribution in [3.05, 3.63) is 46.3 Å². The summed E-state index contributed by atoms with van der Waals surface area (Å²) in [7, 11) is -3.15. The maximum atomic E-state index is 13.6. The van der Waals surface area contributed by atoms with Crippen LogP contribution in [0, 0.1) is 18.3 Å². The summed E-state index contributed by atoms with van der Waals surface area (Å²) >= 11 is 0. The SMILES string of the molecule is Cc1c(C(=O)NCC(C)(C)CS(C)(=O)=O)cn(-c2cc(C(C)(C)C)c3c(c2)C2(CCO3)CC2)c1CC1CCCCC1. The summed E-state index contributed by atoms with van der Waals surface area (Å²) in [5.41, 5.74) is 6.23. The van der Waals surface area contributed by atoms with Gasteiger partial charge in [-0.25, -0.2) is 8.42 Å². The number of benzene rings is 1. The van der Waals surface area contributed by atoms with Crippen molar-refractivity contribution in [1.29, 1.82) is 0 Å². The van der Waals surface area contributed by atoms with Crippen LogP contribution in [-0.2, 0) is 27.1 Å². The summed E-state index contributed by atoms with van der Waals surface area (Å²) in [4.78, 5) is 13.6. The highest BCUT2D eigenvalue weighted by atomic mass is 32.2. The summed E-state index contributed by atoms with van der Waals surface area (Å²) in [6.07, 6.45) is 14.1. The third-order valence-electron chi connectivity index (χ3n) is 9.63. The van der Waals surface area contributed by atoms with Crippen LogP contribution in [0.3, 0.4) is 0 Å². The number of rotatable bonds is 8. The van der Waals surface area contributed by atoms with E-state index in [1.165, 1.54) is 68.0 Å². The molecule has 5 rings (SSSR count). The van der Waals surface area contributed by atoms with E-state index in [2.05, 4.69) is 49.7 Å². The van der Waals surface area contributed by atoms with Gasteiger partial charge in [-0.2, -0.15) is 0 Å². The third kappa shape index (κ3) is 6.55. The number of fused-ring (bicyclic) bond motifs is 2. The molecule has 0 unspecified atom stereocenters. The fraction of sp³-hybridized carbons (Fsp3) is 0.676. The minimum atomic E-state index is -3.15. The average Bonchev–Trinajstić information content (AvgIpc) is 3.57. The highest BCUT2D eigenvalue weighted by molar-refractivity contribution is 7.90. The lowest BCUT2D eigenvalue weighted by atomic mass is 9.80. The van der Waals surface area contributed by atoms with E-state index in [0.717, 1.165) is 36.4 Å². The molecule has 1 spiro atoms. The van der Waals surface area contributed by atoms with Gasteiger partial charge in [-0.05, 0) is 67.1 Å². The van der Waals surface area contributed by atoms with Crippen LogP contribution < -0.4 is 10.1 Å². The molecule has 41 heavy (non-hydrogen) atoms. The molecule has 1 aromatic carbocycles. The smallest absolute Gasteiger partial charge is 0.253 e.